The summed E-state index contributed by atoms with van der Waals surface area (Å²) in [6.45, 7) is 0.508. The number of carboxylic acids is 1. The summed E-state index contributed by atoms with van der Waals surface area (Å²) in [5.74, 6) is -2.78. The van der Waals surface area contributed by atoms with Crippen LogP contribution in [0, 0.1) is 11.7 Å². The molecule has 0 aromatic heterocycles. The fourth-order valence-electron chi connectivity index (χ4n) is 3.52. The van der Waals surface area contributed by atoms with Gasteiger partial charge in [-0.15, -0.1) is 0 Å². The van der Waals surface area contributed by atoms with Gasteiger partial charge < -0.3 is 26.3 Å². The molecule has 3 rings (SSSR count). The molecule has 0 radical (unpaired) electrons. The van der Waals surface area contributed by atoms with Crippen LogP contribution in [-0.4, -0.2) is 58.5 Å². The van der Waals surface area contributed by atoms with E-state index < -0.39 is 23.6 Å². The van der Waals surface area contributed by atoms with Gasteiger partial charge in [0.15, 0.2) is 5.84 Å². The number of amidine groups is 1. The van der Waals surface area contributed by atoms with Crippen molar-refractivity contribution in [3.8, 4) is 11.1 Å². The van der Waals surface area contributed by atoms with E-state index in [0.717, 1.165) is 6.07 Å². The number of benzene rings is 2. The number of amides is 2. The maximum absolute atomic E-state index is 13.9. The Kier molecular flexibility index (Phi) is 7.04. The first-order valence-corrected chi connectivity index (χ1v) is 9.96. The Bertz CT molecular complexity index is 1050. The molecule has 10 heteroatoms. The molecule has 2 aromatic rings. The van der Waals surface area contributed by atoms with Crippen molar-refractivity contribution in [1.82, 2.24) is 10.2 Å². The molecule has 0 spiro atoms. The lowest BCUT2D eigenvalue weighted by Gasteiger charge is -2.30. The summed E-state index contributed by atoms with van der Waals surface area (Å²) in [4.78, 5) is 37.2. The summed E-state index contributed by atoms with van der Waals surface area (Å²) in [7, 11) is 0. The van der Waals surface area contributed by atoms with Crippen LogP contribution in [0.1, 0.15) is 28.8 Å². The number of nitrogens with one attached hydrogen (secondary N) is 1. The van der Waals surface area contributed by atoms with Gasteiger partial charge in [0.25, 0.3) is 5.91 Å². The van der Waals surface area contributed by atoms with Gasteiger partial charge >= 0.3 is 5.97 Å². The van der Waals surface area contributed by atoms with Crippen LogP contribution in [0.15, 0.2) is 47.6 Å². The molecule has 1 aliphatic heterocycles. The number of likely N-dealkylation sites (tertiary alicyclic amines) is 1. The zero-order chi connectivity index (χ0) is 23.3. The van der Waals surface area contributed by atoms with Gasteiger partial charge in [-0.2, -0.15) is 0 Å². The highest BCUT2D eigenvalue weighted by Crippen LogP contribution is 2.23. The van der Waals surface area contributed by atoms with Gasteiger partial charge in [-0.1, -0.05) is 17.3 Å². The van der Waals surface area contributed by atoms with Crippen LogP contribution in [0.2, 0.25) is 0 Å². The SMILES string of the molecule is NC(=NO)c1cc(F)cc(-c2ccc(C(=O)NCC(=O)N3CCC(C(=O)O)CC3)cc2)c1. The highest BCUT2D eigenvalue weighted by Gasteiger charge is 2.27. The smallest absolute Gasteiger partial charge is 0.306 e. The van der Waals surface area contributed by atoms with Crippen molar-refractivity contribution in [2.45, 2.75) is 12.8 Å². The van der Waals surface area contributed by atoms with Gasteiger partial charge in [0.2, 0.25) is 5.91 Å². The number of nitrogens with zero attached hydrogens (tertiary/aromatic N) is 2. The number of rotatable bonds is 6. The Morgan fingerprint density at radius 2 is 1.72 bits per heavy atom. The number of oxime groups is 1. The Hall–Kier alpha value is -3.95. The highest BCUT2D eigenvalue weighted by atomic mass is 19.1. The minimum Gasteiger partial charge on any atom is -0.481 e. The summed E-state index contributed by atoms with van der Waals surface area (Å²) in [5.41, 5.74) is 7.17. The number of halogens is 1. The fourth-order valence-corrected chi connectivity index (χ4v) is 3.52. The molecule has 2 amide bonds. The molecule has 168 valence electrons. The van der Waals surface area contributed by atoms with E-state index in [4.69, 9.17) is 16.0 Å². The largest absolute Gasteiger partial charge is 0.481 e. The van der Waals surface area contributed by atoms with E-state index in [0.29, 0.717) is 42.6 Å². The van der Waals surface area contributed by atoms with Crippen molar-refractivity contribution in [2.75, 3.05) is 19.6 Å². The molecule has 0 atom stereocenters. The molecule has 32 heavy (non-hydrogen) atoms. The molecule has 1 saturated heterocycles. The fraction of sp³-hybridized carbons (Fsp3) is 0.273. The van der Waals surface area contributed by atoms with Crippen molar-refractivity contribution in [1.29, 1.82) is 0 Å². The van der Waals surface area contributed by atoms with Crippen molar-refractivity contribution >= 4 is 23.6 Å². The molecular formula is C22H23FN4O5. The van der Waals surface area contributed by atoms with Crippen molar-refractivity contribution in [2.24, 2.45) is 16.8 Å². The average Bonchev–Trinajstić information content (AvgIpc) is 2.81. The summed E-state index contributed by atoms with van der Waals surface area (Å²) in [6, 6.07) is 10.3. The number of hydrogen-bond acceptors (Lipinski definition) is 5. The maximum atomic E-state index is 13.9. The van der Waals surface area contributed by atoms with Crippen LogP contribution >= 0.6 is 0 Å². The molecule has 0 unspecified atom stereocenters. The minimum absolute atomic E-state index is 0.189. The van der Waals surface area contributed by atoms with Crippen molar-refractivity contribution in [3.63, 3.8) is 0 Å². The lowest BCUT2D eigenvalue weighted by atomic mass is 9.97. The van der Waals surface area contributed by atoms with Crippen molar-refractivity contribution < 1.29 is 29.1 Å². The lowest BCUT2D eigenvalue weighted by molar-refractivity contribution is -0.145. The first-order valence-electron chi connectivity index (χ1n) is 9.96. The van der Waals surface area contributed by atoms with E-state index >= 15 is 0 Å². The third-order valence-electron chi connectivity index (χ3n) is 5.38. The summed E-state index contributed by atoms with van der Waals surface area (Å²) in [6.07, 6.45) is 0.794. The van der Waals surface area contributed by atoms with Gasteiger partial charge in [0, 0.05) is 24.2 Å². The number of carbonyl (C=O) groups is 3. The van der Waals surface area contributed by atoms with Gasteiger partial charge in [-0.05, 0) is 54.3 Å². The van der Waals surface area contributed by atoms with Gasteiger partial charge in [-0.25, -0.2) is 4.39 Å². The zero-order valence-electron chi connectivity index (χ0n) is 17.1. The summed E-state index contributed by atoms with van der Waals surface area (Å²) < 4.78 is 13.9. The second-order valence-corrected chi connectivity index (χ2v) is 7.47. The van der Waals surface area contributed by atoms with E-state index in [1.54, 1.807) is 35.2 Å². The quantitative estimate of drug-likeness (QED) is 0.232. The average molecular weight is 442 g/mol. The third kappa shape index (κ3) is 5.39. The number of nitrogens with two attached hydrogens (primary N) is 1. The minimum atomic E-state index is -0.853. The third-order valence-corrected chi connectivity index (χ3v) is 5.38. The molecular weight excluding hydrogens is 419 g/mol. The molecule has 0 bridgehead atoms. The molecule has 2 aromatic carbocycles. The van der Waals surface area contributed by atoms with Crippen LogP contribution < -0.4 is 11.1 Å². The first-order chi connectivity index (χ1) is 15.3. The van der Waals surface area contributed by atoms with Crippen LogP contribution in [0.4, 0.5) is 4.39 Å². The molecule has 1 fully saturated rings. The van der Waals surface area contributed by atoms with Gasteiger partial charge in [0.1, 0.15) is 5.82 Å². The van der Waals surface area contributed by atoms with Gasteiger partial charge in [0.05, 0.1) is 12.5 Å². The van der Waals surface area contributed by atoms with E-state index in [1.165, 1.54) is 6.07 Å². The summed E-state index contributed by atoms with van der Waals surface area (Å²) in [5, 5.41) is 23.2. The number of aliphatic carboxylic acids is 1. The van der Waals surface area contributed by atoms with E-state index in [1.807, 2.05) is 0 Å². The predicted molar refractivity (Wildman–Crippen MR) is 114 cm³/mol. The van der Waals surface area contributed by atoms with Crippen LogP contribution in [-0.2, 0) is 9.59 Å². The number of piperidine rings is 1. The Labute approximate surface area is 183 Å². The molecule has 0 saturated carbocycles. The van der Waals surface area contributed by atoms with Crippen LogP contribution in [0.5, 0.6) is 0 Å². The molecule has 9 nitrogen and oxygen atoms in total. The lowest BCUT2D eigenvalue weighted by Crippen LogP contribution is -2.45. The number of carboxylic acid groups (broad SMARTS) is 1. The summed E-state index contributed by atoms with van der Waals surface area (Å²) >= 11 is 0. The van der Waals surface area contributed by atoms with Gasteiger partial charge in [-0.3, -0.25) is 14.4 Å². The number of hydrogen-bond donors (Lipinski definition) is 4. The Balaban J connectivity index is 1.59. The predicted octanol–water partition coefficient (Wildman–Crippen LogP) is 1.64. The Morgan fingerprint density at radius 1 is 1.06 bits per heavy atom. The molecule has 1 heterocycles. The molecule has 5 N–H and O–H groups in total. The first kappa shape index (κ1) is 22.7. The van der Waals surface area contributed by atoms with Crippen LogP contribution in [0.3, 0.4) is 0 Å². The molecule has 0 aliphatic carbocycles. The zero-order valence-corrected chi connectivity index (χ0v) is 17.1. The monoisotopic (exact) mass is 442 g/mol. The van der Waals surface area contributed by atoms with E-state index in [2.05, 4.69) is 10.5 Å². The molecule has 1 aliphatic rings. The van der Waals surface area contributed by atoms with Crippen LogP contribution in [0.25, 0.3) is 11.1 Å². The second kappa shape index (κ2) is 9.90. The van der Waals surface area contributed by atoms with E-state index in [9.17, 15) is 18.8 Å². The highest BCUT2D eigenvalue weighted by molar-refractivity contribution is 5.99. The number of carbonyl (C=O) groups excluding carboxylic acids is 2. The van der Waals surface area contributed by atoms with E-state index in [-0.39, 0.29) is 23.9 Å². The topological polar surface area (TPSA) is 145 Å². The maximum Gasteiger partial charge on any atom is 0.306 e. The second-order valence-electron chi connectivity index (χ2n) is 7.47. The Morgan fingerprint density at radius 3 is 2.31 bits per heavy atom. The standard InChI is InChI=1S/C22H23FN4O5/c23-18-10-16(9-17(11-18)20(24)26-32)13-1-3-14(4-2-13)21(29)25-12-19(28)27-7-5-15(6-8-27)22(30)31/h1-4,9-11,15,32H,5-8,12H2,(H2,24,26)(H,25,29)(H,30,31). The van der Waals surface area contributed by atoms with Crippen molar-refractivity contribution in [3.05, 3.63) is 59.4 Å². The normalized spacial score (nSPS) is 14.8.